The molecular weight excluding hydrogens is 374 g/mol. The largest absolute Gasteiger partial charge is 0.486 e. The summed E-state index contributed by atoms with van der Waals surface area (Å²) in [6.07, 6.45) is 1.44. The van der Waals surface area contributed by atoms with E-state index in [4.69, 9.17) is 14.2 Å². The number of carbonyl (C=O) groups excluding carboxylic acids is 3. The van der Waals surface area contributed by atoms with Crippen LogP contribution in [0.1, 0.15) is 28.8 Å². The molecule has 1 amide bonds. The minimum absolute atomic E-state index is 0.0416. The van der Waals surface area contributed by atoms with E-state index in [0.29, 0.717) is 43.2 Å². The number of amides is 1. The number of esters is 1. The Balaban J connectivity index is 1.30. The van der Waals surface area contributed by atoms with Crippen molar-refractivity contribution < 1.29 is 28.6 Å². The molecule has 0 unspecified atom stereocenters. The molecule has 0 saturated carbocycles. The number of ketones is 1. The first-order valence-electron chi connectivity index (χ1n) is 9.58. The zero-order valence-corrected chi connectivity index (χ0v) is 15.9. The Morgan fingerprint density at radius 3 is 2.48 bits per heavy atom. The van der Waals surface area contributed by atoms with E-state index in [-0.39, 0.29) is 24.7 Å². The van der Waals surface area contributed by atoms with Crippen LogP contribution in [0.15, 0.2) is 42.5 Å². The number of benzene rings is 2. The number of fused-ring (bicyclic) bond motifs is 1. The smallest absolute Gasteiger partial charge is 0.310 e. The van der Waals surface area contributed by atoms with Gasteiger partial charge in [0.1, 0.15) is 13.2 Å². The summed E-state index contributed by atoms with van der Waals surface area (Å²) in [6, 6.07) is 12.1. The number of carbonyl (C=O) groups is 3. The highest BCUT2D eigenvalue weighted by Crippen LogP contribution is 2.31. The lowest BCUT2D eigenvalue weighted by molar-refractivity contribution is -0.141. The first-order chi connectivity index (χ1) is 14.1. The van der Waals surface area contributed by atoms with E-state index in [2.05, 4.69) is 0 Å². The van der Waals surface area contributed by atoms with Crippen molar-refractivity contribution in [1.82, 2.24) is 0 Å². The standard InChI is InChI=1S/C22H21NO6/c24-18(16-4-6-17(7-5-16)23-9-1-2-21(23)25)14-29-22(26)13-15-3-8-19-20(12-15)28-11-10-27-19/h3-8,12H,1-2,9-11,13-14H2. The molecule has 7 nitrogen and oxygen atoms in total. The van der Waals surface area contributed by atoms with Gasteiger partial charge < -0.3 is 19.1 Å². The van der Waals surface area contributed by atoms with Gasteiger partial charge in [0.25, 0.3) is 0 Å². The topological polar surface area (TPSA) is 82.1 Å². The third-order valence-corrected chi connectivity index (χ3v) is 4.89. The fourth-order valence-electron chi connectivity index (χ4n) is 3.39. The normalized spacial score (nSPS) is 15.3. The number of hydrogen-bond donors (Lipinski definition) is 0. The second kappa shape index (κ2) is 8.34. The first-order valence-corrected chi connectivity index (χ1v) is 9.58. The SMILES string of the molecule is O=C(Cc1ccc2c(c1)OCCO2)OCC(=O)c1ccc(N2CCCC2=O)cc1. The zero-order valence-electron chi connectivity index (χ0n) is 15.9. The number of ether oxygens (including phenoxy) is 3. The Kier molecular flexibility index (Phi) is 5.46. The van der Waals surface area contributed by atoms with Crippen molar-refractivity contribution in [2.75, 3.05) is 31.3 Å². The number of anilines is 1. The maximum Gasteiger partial charge on any atom is 0.310 e. The number of hydrogen-bond acceptors (Lipinski definition) is 6. The molecule has 0 bridgehead atoms. The van der Waals surface area contributed by atoms with E-state index in [1.54, 1.807) is 47.4 Å². The number of rotatable bonds is 6. The molecule has 0 N–H and O–H groups in total. The first kappa shape index (κ1) is 19.0. The molecular formula is C22H21NO6. The molecule has 0 aliphatic carbocycles. The third-order valence-electron chi connectivity index (χ3n) is 4.89. The molecule has 0 spiro atoms. The lowest BCUT2D eigenvalue weighted by Crippen LogP contribution is -2.23. The van der Waals surface area contributed by atoms with E-state index >= 15 is 0 Å². The lowest BCUT2D eigenvalue weighted by Gasteiger charge is -2.18. The van der Waals surface area contributed by atoms with Crippen LogP contribution in [-0.4, -0.2) is 44.0 Å². The summed E-state index contributed by atoms with van der Waals surface area (Å²) in [4.78, 5) is 37.9. The van der Waals surface area contributed by atoms with Crippen LogP contribution < -0.4 is 14.4 Å². The molecule has 7 heteroatoms. The Morgan fingerprint density at radius 1 is 1.00 bits per heavy atom. The molecule has 0 aromatic heterocycles. The van der Waals surface area contributed by atoms with Crippen molar-refractivity contribution in [3.63, 3.8) is 0 Å². The van der Waals surface area contributed by atoms with Crippen molar-refractivity contribution in [3.8, 4) is 11.5 Å². The molecule has 4 rings (SSSR count). The molecule has 2 aliphatic heterocycles. The molecule has 1 saturated heterocycles. The van der Waals surface area contributed by atoms with Gasteiger partial charge in [-0.3, -0.25) is 14.4 Å². The van der Waals surface area contributed by atoms with Crippen molar-refractivity contribution in [1.29, 1.82) is 0 Å². The van der Waals surface area contributed by atoms with Gasteiger partial charge in [-0.05, 0) is 48.4 Å². The third kappa shape index (κ3) is 4.39. The van der Waals surface area contributed by atoms with Crippen LogP contribution in [0.2, 0.25) is 0 Å². The van der Waals surface area contributed by atoms with Gasteiger partial charge in [-0.1, -0.05) is 6.07 Å². The van der Waals surface area contributed by atoms with Gasteiger partial charge in [-0.25, -0.2) is 0 Å². The zero-order chi connectivity index (χ0) is 20.2. The van der Waals surface area contributed by atoms with Crippen LogP contribution >= 0.6 is 0 Å². The summed E-state index contributed by atoms with van der Waals surface area (Å²) in [5.74, 6) is 0.572. The lowest BCUT2D eigenvalue weighted by atomic mass is 10.1. The van der Waals surface area contributed by atoms with Crippen molar-refractivity contribution in [3.05, 3.63) is 53.6 Å². The summed E-state index contributed by atoms with van der Waals surface area (Å²) in [6.45, 7) is 1.35. The van der Waals surface area contributed by atoms with Crippen LogP contribution in [0.5, 0.6) is 11.5 Å². The number of Topliss-reactive ketones (excluding diaryl/α,β-unsaturated/α-hetero) is 1. The highest BCUT2D eigenvalue weighted by atomic mass is 16.6. The fraction of sp³-hybridized carbons (Fsp3) is 0.318. The Hall–Kier alpha value is -3.35. The van der Waals surface area contributed by atoms with E-state index in [0.717, 1.165) is 17.7 Å². The molecule has 2 aromatic carbocycles. The summed E-state index contributed by atoms with van der Waals surface area (Å²) in [5.41, 5.74) is 1.94. The Bertz CT molecular complexity index is 937. The molecule has 2 heterocycles. The predicted molar refractivity (Wildman–Crippen MR) is 104 cm³/mol. The second-order valence-corrected chi connectivity index (χ2v) is 6.93. The summed E-state index contributed by atoms with van der Waals surface area (Å²) in [7, 11) is 0. The predicted octanol–water partition coefficient (Wildman–Crippen LogP) is 2.55. The summed E-state index contributed by atoms with van der Waals surface area (Å²) in [5, 5.41) is 0. The molecule has 1 fully saturated rings. The van der Waals surface area contributed by atoms with E-state index in [1.165, 1.54) is 0 Å². The highest BCUT2D eigenvalue weighted by molar-refractivity contribution is 5.99. The quantitative estimate of drug-likeness (QED) is 0.552. The monoisotopic (exact) mass is 395 g/mol. The molecule has 29 heavy (non-hydrogen) atoms. The van der Waals surface area contributed by atoms with Crippen LogP contribution in [0, 0.1) is 0 Å². The van der Waals surface area contributed by atoms with Gasteiger partial charge in [-0.2, -0.15) is 0 Å². The van der Waals surface area contributed by atoms with Crippen LogP contribution in [0.3, 0.4) is 0 Å². The fourth-order valence-corrected chi connectivity index (χ4v) is 3.39. The van der Waals surface area contributed by atoms with Gasteiger partial charge in [0.15, 0.2) is 23.9 Å². The van der Waals surface area contributed by atoms with Gasteiger partial charge >= 0.3 is 5.97 Å². The van der Waals surface area contributed by atoms with Crippen molar-refractivity contribution in [2.45, 2.75) is 19.3 Å². The minimum Gasteiger partial charge on any atom is -0.486 e. The molecule has 0 radical (unpaired) electrons. The average Bonchev–Trinajstić information content (AvgIpc) is 3.18. The summed E-state index contributed by atoms with van der Waals surface area (Å²) >= 11 is 0. The maximum atomic E-state index is 12.3. The van der Waals surface area contributed by atoms with Crippen molar-refractivity contribution >= 4 is 23.3 Å². The van der Waals surface area contributed by atoms with E-state index in [1.807, 2.05) is 0 Å². The molecule has 0 atom stereocenters. The summed E-state index contributed by atoms with van der Waals surface area (Å²) < 4.78 is 16.1. The van der Waals surface area contributed by atoms with Crippen LogP contribution in [-0.2, 0) is 20.7 Å². The second-order valence-electron chi connectivity index (χ2n) is 6.93. The molecule has 2 aromatic rings. The maximum absolute atomic E-state index is 12.3. The van der Waals surface area contributed by atoms with Gasteiger partial charge in [-0.15, -0.1) is 0 Å². The number of nitrogens with zero attached hydrogens (tertiary/aromatic N) is 1. The van der Waals surface area contributed by atoms with Crippen LogP contribution in [0.25, 0.3) is 0 Å². The Morgan fingerprint density at radius 2 is 1.76 bits per heavy atom. The van der Waals surface area contributed by atoms with Gasteiger partial charge in [0.05, 0.1) is 6.42 Å². The average molecular weight is 395 g/mol. The minimum atomic E-state index is -0.491. The van der Waals surface area contributed by atoms with Gasteiger partial charge in [0, 0.05) is 24.2 Å². The Labute approximate surface area is 168 Å². The van der Waals surface area contributed by atoms with Crippen LogP contribution in [0.4, 0.5) is 5.69 Å². The van der Waals surface area contributed by atoms with Crippen molar-refractivity contribution in [2.24, 2.45) is 0 Å². The van der Waals surface area contributed by atoms with E-state index < -0.39 is 5.97 Å². The van der Waals surface area contributed by atoms with Gasteiger partial charge in [0.2, 0.25) is 5.91 Å². The van der Waals surface area contributed by atoms with E-state index in [9.17, 15) is 14.4 Å². The molecule has 150 valence electrons. The molecule has 2 aliphatic rings. The highest BCUT2D eigenvalue weighted by Gasteiger charge is 2.22.